The summed E-state index contributed by atoms with van der Waals surface area (Å²) < 4.78 is 0. The Morgan fingerprint density at radius 1 is 1.05 bits per heavy atom. The van der Waals surface area contributed by atoms with Gasteiger partial charge < -0.3 is 4.90 Å². The number of hydrogen-bond acceptors (Lipinski definition) is 2. The number of rotatable bonds is 0. The molecule has 1 aromatic carbocycles. The van der Waals surface area contributed by atoms with Crippen LogP contribution in [0, 0.1) is 5.92 Å². The van der Waals surface area contributed by atoms with Crippen molar-refractivity contribution in [3.8, 4) is 0 Å². The first-order chi connectivity index (χ1) is 10.0. The Balaban J connectivity index is 2.17. The van der Waals surface area contributed by atoms with Gasteiger partial charge in [-0.3, -0.25) is 4.98 Å². The van der Waals surface area contributed by atoms with E-state index in [4.69, 9.17) is 0 Å². The standard InChI is InChI=1S/C19H24N2/c1-10-8-15-16-9-20-7-6-14(16)18-12(3)13(4)21(5)19(18)17(15)11(10)2/h6-7,9-13H,8H2,1-5H3/t10-,11-,12-,13+/m1/s1. The molecule has 0 fully saturated rings. The molecular weight excluding hydrogens is 256 g/mol. The topological polar surface area (TPSA) is 16.1 Å². The highest BCUT2D eigenvalue weighted by atomic mass is 15.2. The zero-order chi connectivity index (χ0) is 14.9. The maximum absolute atomic E-state index is 4.42. The molecule has 0 amide bonds. The second kappa shape index (κ2) is 4.22. The molecule has 0 bridgehead atoms. The molecule has 2 heteroatoms. The van der Waals surface area contributed by atoms with Crippen molar-refractivity contribution in [2.45, 2.75) is 52.0 Å². The van der Waals surface area contributed by atoms with Gasteiger partial charge in [0.15, 0.2) is 0 Å². The van der Waals surface area contributed by atoms with Crippen molar-refractivity contribution in [2.24, 2.45) is 5.92 Å². The first-order valence-electron chi connectivity index (χ1n) is 8.17. The van der Waals surface area contributed by atoms with Crippen molar-refractivity contribution < 1.29 is 0 Å². The molecule has 21 heavy (non-hydrogen) atoms. The van der Waals surface area contributed by atoms with Crippen LogP contribution in [0.3, 0.4) is 0 Å². The Morgan fingerprint density at radius 2 is 1.81 bits per heavy atom. The highest BCUT2D eigenvalue weighted by Crippen LogP contribution is 2.54. The van der Waals surface area contributed by atoms with Crippen molar-refractivity contribution in [3.05, 3.63) is 35.2 Å². The van der Waals surface area contributed by atoms with Gasteiger partial charge in [0.05, 0.1) is 0 Å². The molecule has 4 rings (SSSR count). The minimum atomic E-state index is 0.575. The monoisotopic (exact) mass is 280 g/mol. The fourth-order valence-corrected chi connectivity index (χ4v) is 4.55. The predicted octanol–water partition coefficient (Wildman–Crippen LogP) is 4.47. The number of fused-ring (bicyclic) bond motifs is 6. The van der Waals surface area contributed by atoms with E-state index >= 15 is 0 Å². The zero-order valence-electron chi connectivity index (χ0n) is 13.6. The van der Waals surface area contributed by atoms with Crippen LogP contribution in [0.4, 0.5) is 5.69 Å². The van der Waals surface area contributed by atoms with Crippen LogP contribution in [0.1, 0.15) is 56.2 Å². The van der Waals surface area contributed by atoms with E-state index < -0.39 is 0 Å². The molecule has 0 N–H and O–H groups in total. The second-order valence-corrected chi connectivity index (χ2v) is 7.19. The number of pyridine rings is 1. The quantitative estimate of drug-likeness (QED) is 0.707. The van der Waals surface area contributed by atoms with Crippen LogP contribution >= 0.6 is 0 Å². The Bertz CT molecular complexity index is 734. The van der Waals surface area contributed by atoms with Gasteiger partial charge in [0, 0.05) is 42.5 Å². The minimum Gasteiger partial charge on any atom is -0.371 e. The van der Waals surface area contributed by atoms with Crippen LogP contribution in [0.25, 0.3) is 10.8 Å². The molecule has 0 radical (unpaired) electrons. The van der Waals surface area contributed by atoms with Crippen molar-refractivity contribution in [1.82, 2.24) is 4.98 Å². The van der Waals surface area contributed by atoms with Crippen molar-refractivity contribution in [2.75, 3.05) is 11.9 Å². The summed E-state index contributed by atoms with van der Waals surface area (Å²) in [6.45, 7) is 9.52. The summed E-state index contributed by atoms with van der Waals surface area (Å²) in [5.74, 6) is 1.97. The molecule has 4 atom stereocenters. The van der Waals surface area contributed by atoms with Crippen molar-refractivity contribution in [1.29, 1.82) is 0 Å². The number of hydrogen-bond donors (Lipinski definition) is 0. The van der Waals surface area contributed by atoms with Crippen LogP contribution < -0.4 is 4.90 Å². The van der Waals surface area contributed by atoms with Crippen LogP contribution in [-0.2, 0) is 6.42 Å². The minimum absolute atomic E-state index is 0.575. The molecule has 2 heterocycles. The summed E-state index contributed by atoms with van der Waals surface area (Å²) in [5, 5.41) is 2.83. The van der Waals surface area contributed by atoms with Crippen molar-refractivity contribution >= 4 is 16.5 Å². The van der Waals surface area contributed by atoms with E-state index in [1.807, 2.05) is 6.20 Å². The average molecular weight is 280 g/mol. The van der Waals surface area contributed by atoms with Crippen LogP contribution in [0.5, 0.6) is 0 Å². The van der Waals surface area contributed by atoms with E-state index in [0.717, 1.165) is 5.92 Å². The van der Waals surface area contributed by atoms with Gasteiger partial charge >= 0.3 is 0 Å². The molecule has 2 aromatic rings. The highest BCUT2D eigenvalue weighted by Gasteiger charge is 2.40. The normalized spacial score (nSPS) is 30.8. The fourth-order valence-electron chi connectivity index (χ4n) is 4.55. The van der Waals surface area contributed by atoms with E-state index in [9.17, 15) is 0 Å². The first-order valence-corrected chi connectivity index (χ1v) is 8.17. The lowest BCUT2D eigenvalue weighted by Gasteiger charge is -2.24. The number of aromatic nitrogens is 1. The Labute approximate surface area is 127 Å². The first kappa shape index (κ1) is 13.1. The molecular formula is C19H24N2. The highest BCUT2D eigenvalue weighted by molar-refractivity contribution is 5.97. The Morgan fingerprint density at radius 3 is 2.57 bits per heavy atom. The van der Waals surface area contributed by atoms with Gasteiger partial charge in [0.2, 0.25) is 0 Å². The molecule has 1 aliphatic heterocycles. The summed E-state index contributed by atoms with van der Waals surface area (Å²) in [5.41, 5.74) is 6.25. The summed E-state index contributed by atoms with van der Waals surface area (Å²) in [6.07, 6.45) is 5.24. The zero-order valence-corrected chi connectivity index (χ0v) is 13.6. The number of nitrogens with zero attached hydrogens (tertiary/aromatic N) is 2. The molecule has 0 spiro atoms. The average Bonchev–Trinajstić information content (AvgIpc) is 2.90. The van der Waals surface area contributed by atoms with E-state index in [1.54, 1.807) is 16.7 Å². The lowest BCUT2D eigenvalue weighted by molar-refractivity contribution is 0.532. The van der Waals surface area contributed by atoms with Gasteiger partial charge in [-0.1, -0.05) is 20.8 Å². The van der Waals surface area contributed by atoms with Gasteiger partial charge in [0.25, 0.3) is 0 Å². The van der Waals surface area contributed by atoms with Crippen LogP contribution in [-0.4, -0.2) is 18.1 Å². The summed E-state index contributed by atoms with van der Waals surface area (Å²) >= 11 is 0. The van der Waals surface area contributed by atoms with E-state index in [1.165, 1.54) is 22.9 Å². The molecule has 2 nitrogen and oxygen atoms in total. The molecule has 1 aliphatic carbocycles. The summed E-state index contributed by atoms with van der Waals surface area (Å²) in [4.78, 5) is 6.94. The van der Waals surface area contributed by atoms with Crippen molar-refractivity contribution in [3.63, 3.8) is 0 Å². The SMILES string of the molecule is C[C@@H]1Cc2c(c3c(c4ccncc24)[C@H](C)[C@H](C)N3C)[C@@H]1C. The third-order valence-electron chi connectivity index (χ3n) is 6.25. The molecule has 0 unspecified atom stereocenters. The van der Waals surface area contributed by atoms with Gasteiger partial charge in [-0.2, -0.15) is 0 Å². The molecule has 2 aliphatic rings. The van der Waals surface area contributed by atoms with Crippen LogP contribution in [0.2, 0.25) is 0 Å². The lowest BCUT2D eigenvalue weighted by Crippen LogP contribution is -2.26. The Kier molecular flexibility index (Phi) is 2.64. The van der Waals surface area contributed by atoms with E-state index in [-0.39, 0.29) is 0 Å². The lowest BCUT2D eigenvalue weighted by atomic mass is 9.87. The number of likely N-dealkylation sites (N-methyl/N-ethyl adjacent to an activating group) is 1. The predicted molar refractivity (Wildman–Crippen MR) is 89.3 cm³/mol. The summed E-state index contributed by atoms with van der Waals surface area (Å²) in [6, 6.07) is 2.80. The van der Waals surface area contributed by atoms with Gasteiger partial charge in [0.1, 0.15) is 0 Å². The summed E-state index contributed by atoms with van der Waals surface area (Å²) in [7, 11) is 2.27. The largest absolute Gasteiger partial charge is 0.371 e. The maximum Gasteiger partial charge on any atom is 0.0446 e. The molecule has 110 valence electrons. The maximum atomic E-state index is 4.42. The third kappa shape index (κ3) is 1.51. The number of anilines is 1. The molecule has 0 saturated heterocycles. The number of benzene rings is 1. The van der Waals surface area contributed by atoms with Crippen LogP contribution in [0.15, 0.2) is 18.5 Å². The molecule has 1 aromatic heterocycles. The van der Waals surface area contributed by atoms with Gasteiger partial charge in [-0.05, 0) is 53.3 Å². The van der Waals surface area contributed by atoms with Gasteiger partial charge in [-0.15, -0.1) is 0 Å². The Hall–Kier alpha value is -1.57. The van der Waals surface area contributed by atoms with E-state index in [2.05, 4.69) is 56.9 Å². The third-order valence-corrected chi connectivity index (χ3v) is 6.25. The van der Waals surface area contributed by atoms with E-state index in [0.29, 0.717) is 17.9 Å². The molecule has 0 saturated carbocycles. The fraction of sp³-hybridized carbons (Fsp3) is 0.526. The second-order valence-electron chi connectivity index (χ2n) is 7.19. The van der Waals surface area contributed by atoms with Gasteiger partial charge in [-0.25, -0.2) is 0 Å². The smallest absolute Gasteiger partial charge is 0.0446 e.